The molecule has 5 nitrogen and oxygen atoms in total. The van der Waals surface area contributed by atoms with Crippen molar-refractivity contribution in [1.82, 2.24) is 20.5 Å². The van der Waals surface area contributed by atoms with Crippen molar-refractivity contribution in [2.24, 2.45) is 10.9 Å². The van der Waals surface area contributed by atoms with Crippen LogP contribution in [0.5, 0.6) is 0 Å². The van der Waals surface area contributed by atoms with E-state index in [-0.39, 0.29) is 0 Å². The first-order chi connectivity index (χ1) is 14.1. The van der Waals surface area contributed by atoms with Crippen LogP contribution in [0.15, 0.2) is 40.7 Å². The predicted molar refractivity (Wildman–Crippen MR) is 124 cm³/mol. The molecule has 2 N–H and O–H groups in total. The maximum absolute atomic E-state index is 4.74. The van der Waals surface area contributed by atoms with Gasteiger partial charge in [-0.1, -0.05) is 44.2 Å². The molecule has 1 saturated heterocycles. The van der Waals surface area contributed by atoms with Gasteiger partial charge in [0.05, 0.1) is 12.2 Å². The fourth-order valence-electron chi connectivity index (χ4n) is 3.61. The van der Waals surface area contributed by atoms with Gasteiger partial charge in [0.15, 0.2) is 5.96 Å². The SMILES string of the molecule is CCNC(=NCc1nc(C(C)C)cs1)NCC1CCN(CCc2ccccc2)C1. The maximum atomic E-state index is 4.74. The lowest BCUT2D eigenvalue weighted by atomic mass is 10.1. The molecule has 1 aromatic heterocycles. The van der Waals surface area contributed by atoms with Crippen molar-refractivity contribution in [3.05, 3.63) is 52.0 Å². The molecule has 1 aliphatic heterocycles. The topological polar surface area (TPSA) is 52.6 Å². The van der Waals surface area contributed by atoms with Crippen molar-refractivity contribution < 1.29 is 0 Å². The molecule has 1 aliphatic rings. The molecule has 0 saturated carbocycles. The number of likely N-dealkylation sites (tertiary alicyclic amines) is 1. The van der Waals surface area contributed by atoms with Gasteiger partial charge >= 0.3 is 0 Å². The van der Waals surface area contributed by atoms with E-state index in [0.717, 1.165) is 37.0 Å². The van der Waals surface area contributed by atoms with Crippen LogP contribution in [0.3, 0.4) is 0 Å². The van der Waals surface area contributed by atoms with Crippen molar-refractivity contribution in [2.75, 3.05) is 32.7 Å². The quantitative estimate of drug-likeness (QED) is 0.484. The van der Waals surface area contributed by atoms with E-state index < -0.39 is 0 Å². The monoisotopic (exact) mass is 413 g/mol. The number of aliphatic imine (C=N–C) groups is 1. The molecule has 2 aromatic rings. The second-order valence-corrected chi connectivity index (χ2v) is 9.03. The first-order valence-electron chi connectivity index (χ1n) is 10.9. The molecule has 0 radical (unpaired) electrons. The minimum atomic E-state index is 0.475. The molecule has 1 atom stereocenters. The summed E-state index contributed by atoms with van der Waals surface area (Å²) in [7, 11) is 0. The molecule has 2 heterocycles. The summed E-state index contributed by atoms with van der Waals surface area (Å²) in [6.07, 6.45) is 2.39. The molecular formula is C23H35N5S. The van der Waals surface area contributed by atoms with Crippen LogP contribution < -0.4 is 10.6 Å². The van der Waals surface area contributed by atoms with Crippen molar-refractivity contribution in [1.29, 1.82) is 0 Å². The highest BCUT2D eigenvalue weighted by Gasteiger charge is 2.22. The Morgan fingerprint density at radius 2 is 2.10 bits per heavy atom. The number of rotatable bonds is 9. The molecule has 0 amide bonds. The van der Waals surface area contributed by atoms with Crippen LogP contribution in [-0.4, -0.2) is 48.6 Å². The number of thiazole rings is 1. The van der Waals surface area contributed by atoms with Crippen LogP contribution in [0.2, 0.25) is 0 Å². The van der Waals surface area contributed by atoms with Gasteiger partial charge in [0.25, 0.3) is 0 Å². The minimum absolute atomic E-state index is 0.475. The standard InChI is InChI=1S/C23H35N5S/c1-4-24-23(26-15-22-27-21(17-29-22)18(2)3)25-14-20-11-13-28(16-20)12-10-19-8-6-5-7-9-19/h5-9,17-18,20H,4,10-16H2,1-3H3,(H2,24,25,26). The number of nitrogens with one attached hydrogen (secondary N) is 2. The van der Waals surface area contributed by atoms with E-state index in [0.29, 0.717) is 18.4 Å². The minimum Gasteiger partial charge on any atom is -0.357 e. The van der Waals surface area contributed by atoms with Crippen molar-refractivity contribution in [3.8, 4) is 0 Å². The molecule has 29 heavy (non-hydrogen) atoms. The zero-order valence-corrected chi connectivity index (χ0v) is 18.8. The van der Waals surface area contributed by atoms with Crippen molar-refractivity contribution in [2.45, 2.75) is 46.1 Å². The van der Waals surface area contributed by atoms with E-state index in [9.17, 15) is 0 Å². The van der Waals surface area contributed by atoms with Gasteiger partial charge in [0.1, 0.15) is 5.01 Å². The molecule has 0 bridgehead atoms. The van der Waals surface area contributed by atoms with E-state index >= 15 is 0 Å². The Morgan fingerprint density at radius 3 is 2.83 bits per heavy atom. The highest BCUT2D eigenvalue weighted by Crippen LogP contribution is 2.18. The number of hydrogen-bond donors (Lipinski definition) is 2. The van der Waals surface area contributed by atoms with E-state index in [1.54, 1.807) is 11.3 Å². The molecule has 0 aliphatic carbocycles. The van der Waals surface area contributed by atoms with Crippen LogP contribution in [0.4, 0.5) is 0 Å². The van der Waals surface area contributed by atoms with E-state index in [1.807, 2.05) is 0 Å². The third kappa shape index (κ3) is 7.12. The van der Waals surface area contributed by atoms with Gasteiger partial charge in [-0.2, -0.15) is 0 Å². The fraction of sp³-hybridized carbons (Fsp3) is 0.565. The first kappa shape index (κ1) is 21.8. The molecule has 158 valence electrons. The molecule has 1 fully saturated rings. The van der Waals surface area contributed by atoms with Crippen LogP contribution in [0.25, 0.3) is 0 Å². The second-order valence-electron chi connectivity index (χ2n) is 8.09. The summed E-state index contributed by atoms with van der Waals surface area (Å²) in [6, 6.07) is 10.8. The molecular weight excluding hydrogens is 378 g/mol. The highest BCUT2D eigenvalue weighted by atomic mass is 32.1. The number of aromatic nitrogens is 1. The van der Waals surface area contributed by atoms with Crippen LogP contribution >= 0.6 is 11.3 Å². The lowest BCUT2D eigenvalue weighted by molar-refractivity contribution is 0.328. The van der Waals surface area contributed by atoms with Gasteiger partial charge in [0.2, 0.25) is 0 Å². The molecule has 1 unspecified atom stereocenters. The summed E-state index contributed by atoms with van der Waals surface area (Å²) >= 11 is 1.70. The normalized spacial score (nSPS) is 17.8. The average Bonchev–Trinajstić information content (AvgIpc) is 3.39. The lowest BCUT2D eigenvalue weighted by Crippen LogP contribution is -2.40. The highest BCUT2D eigenvalue weighted by molar-refractivity contribution is 7.09. The summed E-state index contributed by atoms with van der Waals surface area (Å²) in [6.45, 7) is 12.5. The smallest absolute Gasteiger partial charge is 0.191 e. The lowest BCUT2D eigenvalue weighted by Gasteiger charge is -2.17. The van der Waals surface area contributed by atoms with Gasteiger partial charge in [0, 0.05) is 31.6 Å². The maximum Gasteiger partial charge on any atom is 0.191 e. The Morgan fingerprint density at radius 1 is 1.28 bits per heavy atom. The summed E-state index contributed by atoms with van der Waals surface area (Å²) in [5.41, 5.74) is 2.60. The van der Waals surface area contributed by atoms with Crippen LogP contribution in [0, 0.1) is 5.92 Å². The largest absolute Gasteiger partial charge is 0.357 e. The van der Waals surface area contributed by atoms with Crippen LogP contribution in [0.1, 0.15) is 49.4 Å². The Kier molecular flexibility index (Phi) is 8.50. The van der Waals surface area contributed by atoms with Gasteiger partial charge in [-0.05, 0) is 43.7 Å². The predicted octanol–water partition coefficient (Wildman–Crippen LogP) is 3.89. The van der Waals surface area contributed by atoms with E-state index in [1.165, 1.54) is 30.8 Å². The second kappa shape index (κ2) is 11.3. The van der Waals surface area contributed by atoms with Gasteiger partial charge < -0.3 is 15.5 Å². The Labute approximate surface area is 179 Å². The molecule has 1 aromatic carbocycles. The third-order valence-corrected chi connectivity index (χ3v) is 6.22. The number of benzene rings is 1. The summed E-state index contributed by atoms with van der Waals surface area (Å²) in [5.74, 6) is 2.06. The summed E-state index contributed by atoms with van der Waals surface area (Å²) in [5, 5.41) is 10.1. The van der Waals surface area contributed by atoms with E-state index in [4.69, 9.17) is 4.99 Å². The Bertz CT molecular complexity index is 756. The van der Waals surface area contributed by atoms with Crippen molar-refractivity contribution >= 4 is 17.3 Å². The first-order valence-corrected chi connectivity index (χ1v) is 11.7. The zero-order valence-electron chi connectivity index (χ0n) is 18.0. The molecule has 3 rings (SSSR count). The summed E-state index contributed by atoms with van der Waals surface area (Å²) in [4.78, 5) is 12.0. The van der Waals surface area contributed by atoms with Gasteiger partial charge in [-0.25, -0.2) is 9.98 Å². The Balaban J connectivity index is 1.42. The molecule has 0 spiro atoms. The summed E-state index contributed by atoms with van der Waals surface area (Å²) < 4.78 is 0. The van der Waals surface area contributed by atoms with Crippen LogP contribution in [-0.2, 0) is 13.0 Å². The van der Waals surface area contributed by atoms with Crippen molar-refractivity contribution in [3.63, 3.8) is 0 Å². The van der Waals surface area contributed by atoms with Gasteiger partial charge in [-0.3, -0.25) is 0 Å². The van der Waals surface area contributed by atoms with E-state index in [2.05, 4.69) is 77.0 Å². The zero-order chi connectivity index (χ0) is 20.5. The number of guanidine groups is 1. The average molecular weight is 414 g/mol. The van der Waals surface area contributed by atoms with Gasteiger partial charge in [-0.15, -0.1) is 11.3 Å². The molecule has 6 heteroatoms. The fourth-order valence-corrected chi connectivity index (χ4v) is 4.49. The Hall–Kier alpha value is -1.92. The third-order valence-electron chi connectivity index (χ3n) is 5.37. The number of hydrogen-bond acceptors (Lipinski definition) is 4. The number of nitrogens with zero attached hydrogens (tertiary/aromatic N) is 3.